The largest absolute Gasteiger partial charge is 0.356 e. The van der Waals surface area contributed by atoms with Gasteiger partial charge in [0.25, 0.3) is 0 Å². The monoisotopic (exact) mass is 339 g/mol. The smallest absolute Gasteiger partial charge is 0.165 e. The molecule has 0 aliphatic carbocycles. The highest BCUT2D eigenvalue weighted by molar-refractivity contribution is 5.91. The van der Waals surface area contributed by atoms with Crippen LogP contribution in [0.2, 0.25) is 0 Å². The number of hydrogen-bond acceptors (Lipinski definition) is 3. The zero-order chi connectivity index (χ0) is 17.4. The van der Waals surface area contributed by atoms with E-state index in [9.17, 15) is 8.78 Å². The van der Waals surface area contributed by atoms with Crippen LogP contribution in [-0.4, -0.2) is 23.1 Å². The normalized spacial score (nSPS) is 15.7. The minimum absolute atomic E-state index is 0.296. The van der Waals surface area contributed by atoms with Gasteiger partial charge in [0.05, 0.1) is 11.1 Å². The second-order valence-electron chi connectivity index (χ2n) is 6.68. The topological polar surface area (TPSA) is 29.0 Å². The Kier molecular flexibility index (Phi) is 4.07. The van der Waals surface area contributed by atoms with Gasteiger partial charge in [-0.3, -0.25) is 0 Å². The average molecular weight is 339 g/mol. The van der Waals surface area contributed by atoms with E-state index in [4.69, 9.17) is 0 Å². The van der Waals surface area contributed by atoms with Crippen LogP contribution >= 0.6 is 0 Å². The molecule has 0 amide bonds. The van der Waals surface area contributed by atoms with Gasteiger partial charge in [0.15, 0.2) is 5.82 Å². The fourth-order valence-electron chi connectivity index (χ4n) is 3.31. The molecule has 25 heavy (non-hydrogen) atoms. The zero-order valence-corrected chi connectivity index (χ0v) is 14.0. The fourth-order valence-corrected chi connectivity index (χ4v) is 3.31. The molecule has 1 aliphatic rings. The highest BCUT2D eigenvalue weighted by Crippen LogP contribution is 2.31. The third-order valence-corrected chi connectivity index (χ3v) is 4.84. The summed E-state index contributed by atoms with van der Waals surface area (Å²) in [5, 5.41) is 0.802. The summed E-state index contributed by atoms with van der Waals surface area (Å²) in [6, 6.07) is 10.9. The Bertz CT molecular complexity index is 918. The lowest BCUT2D eigenvalue weighted by atomic mass is 9.99. The van der Waals surface area contributed by atoms with Gasteiger partial charge in [0.2, 0.25) is 0 Å². The lowest BCUT2D eigenvalue weighted by Crippen LogP contribution is -2.33. The van der Waals surface area contributed by atoms with Crippen molar-refractivity contribution in [3.05, 3.63) is 54.1 Å². The number of nitrogens with zero attached hydrogens (tertiary/aromatic N) is 3. The molecule has 128 valence electrons. The predicted molar refractivity (Wildman–Crippen MR) is 95.5 cm³/mol. The predicted octanol–water partition coefficient (Wildman–Crippen LogP) is 4.81. The van der Waals surface area contributed by atoms with Gasteiger partial charge in [-0.1, -0.05) is 19.1 Å². The molecule has 0 bridgehead atoms. The summed E-state index contributed by atoms with van der Waals surface area (Å²) < 4.78 is 27.9. The van der Waals surface area contributed by atoms with Gasteiger partial charge in [-0.2, -0.15) is 0 Å². The first kappa shape index (κ1) is 15.9. The van der Waals surface area contributed by atoms with E-state index in [2.05, 4.69) is 21.8 Å². The molecular weight excluding hydrogens is 320 g/mol. The van der Waals surface area contributed by atoms with Gasteiger partial charge in [-0.25, -0.2) is 18.7 Å². The van der Waals surface area contributed by atoms with Gasteiger partial charge in [-0.05, 0) is 43.0 Å². The van der Waals surface area contributed by atoms with E-state index in [0.29, 0.717) is 22.8 Å². The van der Waals surface area contributed by atoms with E-state index < -0.39 is 0 Å². The second-order valence-corrected chi connectivity index (χ2v) is 6.68. The number of hydrogen-bond donors (Lipinski definition) is 0. The summed E-state index contributed by atoms with van der Waals surface area (Å²) in [6.45, 7) is 4.03. The molecule has 0 N–H and O–H groups in total. The maximum atomic E-state index is 14.2. The molecule has 0 atom stereocenters. The van der Waals surface area contributed by atoms with Crippen molar-refractivity contribution in [1.29, 1.82) is 0 Å². The molecule has 1 saturated heterocycles. The number of halogens is 2. The van der Waals surface area contributed by atoms with Crippen molar-refractivity contribution in [3.63, 3.8) is 0 Å². The van der Waals surface area contributed by atoms with Gasteiger partial charge in [0.1, 0.15) is 17.5 Å². The highest BCUT2D eigenvalue weighted by Gasteiger charge is 2.21. The number of fused-ring (bicyclic) bond motifs is 1. The van der Waals surface area contributed by atoms with Crippen LogP contribution in [0.4, 0.5) is 14.6 Å². The summed E-state index contributed by atoms with van der Waals surface area (Å²) in [4.78, 5) is 11.3. The van der Waals surface area contributed by atoms with Crippen LogP contribution in [0.5, 0.6) is 0 Å². The van der Waals surface area contributed by atoms with E-state index in [0.717, 1.165) is 37.1 Å². The first-order chi connectivity index (χ1) is 12.1. The molecular formula is C20H19F2N3. The molecule has 0 radical (unpaired) electrons. The second kappa shape index (κ2) is 6.39. The summed E-state index contributed by atoms with van der Waals surface area (Å²) >= 11 is 0. The van der Waals surface area contributed by atoms with Crippen LogP contribution in [-0.2, 0) is 0 Å². The van der Waals surface area contributed by atoms with E-state index in [-0.39, 0.29) is 11.6 Å². The first-order valence-corrected chi connectivity index (χ1v) is 8.59. The lowest BCUT2D eigenvalue weighted by molar-refractivity contribution is 0.437. The third-order valence-electron chi connectivity index (χ3n) is 4.84. The molecule has 0 unspecified atom stereocenters. The lowest BCUT2D eigenvalue weighted by Gasteiger charge is -2.32. The molecule has 2 heterocycles. The summed E-state index contributed by atoms with van der Waals surface area (Å²) in [5.74, 6) is 1.01. The minimum Gasteiger partial charge on any atom is -0.356 e. The van der Waals surface area contributed by atoms with Crippen LogP contribution in [0.15, 0.2) is 42.5 Å². The molecule has 1 aliphatic heterocycles. The Labute approximate surface area is 145 Å². The Hall–Kier alpha value is -2.56. The van der Waals surface area contributed by atoms with E-state index in [1.165, 1.54) is 18.2 Å². The fraction of sp³-hybridized carbons (Fsp3) is 0.300. The Morgan fingerprint density at radius 1 is 1.00 bits per heavy atom. The average Bonchev–Trinajstić information content (AvgIpc) is 2.61. The molecule has 1 fully saturated rings. The Morgan fingerprint density at radius 3 is 2.52 bits per heavy atom. The summed E-state index contributed by atoms with van der Waals surface area (Å²) in [5.41, 5.74) is 0.835. The first-order valence-electron chi connectivity index (χ1n) is 8.59. The molecule has 0 saturated carbocycles. The zero-order valence-electron chi connectivity index (χ0n) is 14.0. The number of piperidine rings is 1. The standard InChI is InChI=1S/C20H19F2N3/c1-13-8-10-25(11-9-13)20-16-7-6-14(21)12-18(16)23-19(24-20)15-4-2-3-5-17(15)22/h2-7,12-13H,8-11H2,1H3. The van der Waals surface area contributed by atoms with Crippen molar-refractivity contribution in [2.24, 2.45) is 5.92 Å². The van der Waals surface area contributed by atoms with Crippen molar-refractivity contribution in [2.75, 3.05) is 18.0 Å². The van der Waals surface area contributed by atoms with Crippen molar-refractivity contribution < 1.29 is 8.78 Å². The Balaban J connectivity index is 1.89. The van der Waals surface area contributed by atoms with Gasteiger partial charge in [0, 0.05) is 24.5 Å². The number of benzene rings is 2. The maximum Gasteiger partial charge on any atom is 0.165 e. The van der Waals surface area contributed by atoms with Crippen LogP contribution in [0.25, 0.3) is 22.3 Å². The molecule has 0 spiro atoms. The van der Waals surface area contributed by atoms with E-state index in [1.807, 2.05) is 0 Å². The van der Waals surface area contributed by atoms with Crippen molar-refractivity contribution in [1.82, 2.24) is 9.97 Å². The van der Waals surface area contributed by atoms with Gasteiger partial charge < -0.3 is 4.90 Å². The van der Waals surface area contributed by atoms with Crippen molar-refractivity contribution in [3.8, 4) is 11.4 Å². The maximum absolute atomic E-state index is 14.2. The van der Waals surface area contributed by atoms with Crippen molar-refractivity contribution in [2.45, 2.75) is 19.8 Å². The molecule has 5 heteroatoms. The van der Waals surface area contributed by atoms with Crippen LogP contribution < -0.4 is 4.90 Å². The molecule has 3 aromatic rings. The summed E-state index contributed by atoms with van der Waals surface area (Å²) in [7, 11) is 0. The number of rotatable bonds is 2. The minimum atomic E-state index is -0.378. The van der Waals surface area contributed by atoms with Crippen molar-refractivity contribution >= 4 is 16.7 Å². The van der Waals surface area contributed by atoms with Gasteiger partial charge >= 0.3 is 0 Å². The SMILES string of the molecule is CC1CCN(c2nc(-c3ccccc3F)nc3cc(F)ccc23)CC1. The van der Waals surface area contributed by atoms with Gasteiger partial charge in [-0.15, -0.1) is 0 Å². The third kappa shape index (κ3) is 3.06. The summed E-state index contributed by atoms with van der Waals surface area (Å²) in [6.07, 6.45) is 2.17. The molecule has 1 aromatic heterocycles. The van der Waals surface area contributed by atoms with Crippen LogP contribution in [0.3, 0.4) is 0 Å². The van der Waals surface area contributed by atoms with E-state index >= 15 is 0 Å². The number of anilines is 1. The quantitative estimate of drug-likeness (QED) is 0.671. The molecule has 2 aromatic carbocycles. The number of aromatic nitrogens is 2. The molecule has 4 rings (SSSR count). The molecule has 3 nitrogen and oxygen atoms in total. The Morgan fingerprint density at radius 2 is 1.76 bits per heavy atom. The highest BCUT2D eigenvalue weighted by atomic mass is 19.1. The van der Waals surface area contributed by atoms with Crippen LogP contribution in [0, 0.1) is 17.6 Å². The van der Waals surface area contributed by atoms with Crippen LogP contribution in [0.1, 0.15) is 19.8 Å². The van der Waals surface area contributed by atoms with E-state index in [1.54, 1.807) is 24.3 Å².